The fourth-order valence-electron chi connectivity index (χ4n) is 2.49. The van der Waals surface area contributed by atoms with Gasteiger partial charge in [-0.05, 0) is 29.8 Å². The van der Waals surface area contributed by atoms with E-state index in [-0.39, 0.29) is 27.9 Å². The van der Waals surface area contributed by atoms with Crippen LogP contribution in [0.5, 0.6) is 17.2 Å². The number of benzene rings is 2. The van der Waals surface area contributed by atoms with E-state index in [4.69, 9.17) is 5.26 Å². The van der Waals surface area contributed by atoms with Crippen LogP contribution in [0.4, 0.5) is 13.2 Å². The molecule has 4 N–H and O–H groups in total. The van der Waals surface area contributed by atoms with Gasteiger partial charge in [0, 0.05) is 11.1 Å². The van der Waals surface area contributed by atoms with Crippen molar-refractivity contribution in [1.29, 1.82) is 5.26 Å². The second-order valence-electron chi connectivity index (χ2n) is 5.34. The molecule has 0 fully saturated rings. The molecular formula is C17H10F3N3O3. The minimum atomic E-state index is -4.76. The van der Waals surface area contributed by atoms with Gasteiger partial charge >= 0.3 is 6.18 Å². The second-order valence-corrected chi connectivity index (χ2v) is 5.34. The van der Waals surface area contributed by atoms with Crippen molar-refractivity contribution in [3.63, 3.8) is 0 Å². The number of aromatic nitrogens is 2. The molecular weight excluding hydrogens is 351 g/mol. The number of nitrogens with zero attached hydrogens (tertiary/aromatic N) is 2. The number of nitriles is 1. The van der Waals surface area contributed by atoms with Crippen molar-refractivity contribution < 1.29 is 28.5 Å². The number of aromatic hydroxyl groups is 3. The number of rotatable bonds is 2. The van der Waals surface area contributed by atoms with Crippen molar-refractivity contribution in [3.05, 3.63) is 47.7 Å². The van der Waals surface area contributed by atoms with E-state index >= 15 is 0 Å². The van der Waals surface area contributed by atoms with E-state index in [9.17, 15) is 28.5 Å². The maximum absolute atomic E-state index is 13.4. The van der Waals surface area contributed by atoms with Gasteiger partial charge in [-0.1, -0.05) is 12.1 Å². The van der Waals surface area contributed by atoms with Crippen molar-refractivity contribution in [2.24, 2.45) is 0 Å². The van der Waals surface area contributed by atoms with Crippen LogP contribution in [-0.4, -0.2) is 25.5 Å². The molecule has 1 aromatic heterocycles. The lowest BCUT2D eigenvalue weighted by Gasteiger charge is -2.11. The molecule has 132 valence electrons. The predicted octanol–water partition coefficient (Wildman–Crippen LogP) is 3.75. The first-order valence-electron chi connectivity index (χ1n) is 7.14. The number of aromatic amines is 1. The molecule has 0 saturated carbocycles. The van der Waals surface area contributed by atoms with Gasteiger partial charge in [0.05, 0.1) is 11.6 Å². The summed E-state index contributed by atoms with van der Waals surface area (Å²) in [7, 11) is 0. The topological polar surface area (TPSA) is 113 Å². The Morgan fingerprint density at radius 1 is 0.962 bits per heavy atom. The van der Waals surface area contributed by atoms with Crippen molar-refractivity contribution >= 4 is 0 Å². The first-order valence-corrected chi connectivity index (χ1v) is 7.14. The highest BCUT2D eigenvalue weighted by molar-refractivity contribution is 5.87. The standard InChI is InChI=1S/C17H10F3N3O3/c18-17(19,20)16-12(9-3-1-8(7-21)2-4-9)13(22-23-16)10-5-6-11(24)15(26)14(10)25/h1-6,24-26H,(H,22,23). The molecule has 26 heavy (non-hydrogen) atoms. The van der Waals surface area contributed by atoms with Crippen LogP contribution in [0.3, 0.4) is 0 Å². The van der Waals surface area contributed by atoms with Gasteiger partial charge in [-0.25, -0.2) is 0 Å². The van der Waals surface area contributed by atoms with Crippen molar-refractivity contribution in [2.45, 2.75) is 6.18 Å². The summed E-state index contributed by atoms with van der Waals surface area (Å²) < 4.78 is 40.1. The molecule has 0 aliphatic rings. The van der Waals surface area contributed by atoms with Gasteiger partial charge in [-0.15, -0.1) is 0 Å². The van der Waals surface area contributed by atoms with E-state index in [1.54, 1.807) is 0 Å². The smallest absolute Gasteiger partial charge is 0.433 e. The maximum atomic E-state index is 13.4. The van der Waals surface area contributed by atoms with Gasteiger partial charge in [-0.2, -0.15) is 23.5 Å². The van der Waals surface area contributed by atoms with E-state index in [1.807, 2.05) is 11.2 Å². The first kappa shape index (κ1) is 17.2. The summed E-state index contributed by atoms with van der Waals surface area (Å²) in [5.41, 5.74) is -1.61. The Balaban J connectivity index is 2.29. The second kappa shape index (κ2) is 6.00. The molecule has 3 aromatic rings. The molecule has 0 aliphatic heterocycles. The molecule has 0 unspecified atom stereocenters. The van der Waals surface area contributed by atoms with E-state index in [0.717, 1.165) is 12.1 Å². The summed E-state index contributed by atoms with van der Waals surface area (Å²) >= 11 is 0. The van der Waals surface area contributed by atoms with Gasteiger partial charge in [-0.3, -0.25) is 5.10 Å². The van der Waals surface area contributed by atoms with Crippen LogP contribution in [-0.2, 0) is 6.18 Å². The number of phenols is 3. The van der Waals surface area contributed by atoms with Crippen LogP contribution in [0.15, 0.2) is 36.4 Å². The number of phenolic OH excluding ortho intramolecular Hbond substituents is 3. The van der Waals surface area contributed by atoms with Gasteiger partial charge < -0.3 is 15.3 Å². The number of H-pyrrole nitrogens is 1. The third-order valence-electron chi connectivity index (χ3n) is 3.74. The summed E-state index contributed by atoms with van der Waals surface area (Å²) in [6, 6.07) is 9.36. The summed E-state index contributed by atoms with van der Waals surface area (Å²) in [5, 5.41) is 43.4. The SMILES string of the molecule is N#Cc1ccc(-c2c(-c3ccc(O)c(O)c3O)n[nH]c2C(F)(F)F)cc1. The highest BCUT2D eigenvalue weighted by Crippen LogP contribution is 2.47. The largest absolute Gasteiger partial charge is 0.504 e. The van der Waals surface area contributed by atoms with E-state index in [0.29, 0.717) is 0 Å². The van der Waals surface area contributed by atoms with Crippen LogP contribution in [0.2, 0.25) is 0 Å². The third-order valence-corrected chi connectivity index (χ3v) is 3.74. The van der Waals surface area contributed by atoms with E-state index < -0.39 is 29.1 Å². The Hall–Kier alpha value is -3.67. The van der Waals surface area contributed by atoms with E-state index in [2.05, 4.69) is 5.10 Å². The van der Waals surface area contributed by atoms with Gasteiger partial charge in [0.25, 0.3) is 0 Å². The van der Waals surface area contributed by atoms with Crippen molar-refractivity contribution in [1.82, 2.24) is 10.2 Å². The number of nitrogens with one attached hydrogen (secondary N) is 1. The van der Waals surface area contributed by atoms with Gasteiger partial charge in [0.15, 0.2) is 11.5 Å². The molecule has 0 spiro atoms. The molecule has 0 atom stereocenters. The summed E-state index contributed by atoms with van der Waals surface area (Å²) in [6.07, 6.45) is -4.76. The Bertz CT molecular complexity index is 1020. The zero-order chi connectivity index (χ0) is 19.1. The van der Waals surface area contributed by atoms with Crippen LogP contribution >= 0.6 is 0 Å². The third kappa shape index (κ3) is 2.77. The van der Waals surface area contributed by atoms with Gasteiger partial charge in [0.1, 0.15) is 11.4 Å². The minimum Gasteiger partial charge on any atom is -0.504 e. The van der Waals surface area contributed by atoms with Crippen LogP contribution in [0.25, 0.3) is 22.4 Å². The lowest BCUT2D eigenvalue weighted by Crippen LogP contribution is -2.07. The van der Waals surface area contributed by atoms with Crippen molar-refractivity contribution in [3.8, 4) is 45.7 Å². The minimum absolute atomic E-state index is 0.104. The molecule has 6 nitrogen and oxygen atoms in total. The Morgan fingerprint density at radius 2 is 1.62 bits per heavy atom. The number of hydrogen-bond donors (Lipinski definition) is 4. The number of halogens is 3. The summed E-state index contributed by atoms with van der Waals surface area (Å²) in [4.78, 5) is 0. The summed E-state index contributed by atoms with van der Waals surface area (Å²) in [5.74, 6) is -2.30. The molecule has 9 heteroatoms. The molecule has 1 heterocycles. The molecule has 3 rings (SSSR count). The Labute approximate surface area is 144 Å². The van der Waals surface area contributed by atoms with Gasteiger partial charge in [0.2, 0.25) is 5.75 Å². The molecule has 0 radical (unpaired) electrons. The Morgan fingerprint density at radius 3 is 2.19 bits per heavy atom. The fraction of sp³-hybridized carbons (Fsp3) is 0.0588. The average Bonchev–Trinajstić information content (AvgIpc) is 3.05. The molecule has 2 aromatic carbocycles. The van der Waals surface area contributed by atoms with Crippen molar-refractivity contribution in [2.75, 3.05) is 0 Å². The monoisotopic (exact) mass is 361 g/mol. The molecule has 0 aliphatic carbocycles. The molecule has 0 bridgehead atoms. The highest BCUT2D eigenvalue weighted by atomic mass is 19.4. The predicted molar refractivity (Wildman–Crippen MR) is 84.2 cm³/mol. The van der Waals surface area contributed by atoms with Crippen LogP contribution < -0.4 is 0 Å². The van der Waals surface area contributed by atoms with E-state index in [1.165, 1.54) is 24.3 Å². The zero-order valence-corrected chi connectivity index (χ0v) is 12.8. The quantitative estimate of drug-likeness (QED) is 0.519. The van der Waals surface area contributed by atoms with Crippen LogP contribution in [0.1, 0.15) is 11.3 Å². The highest BCUT2D eigenvalue weighted by Gasteiger charge is 2.38. The normalized spacial score (nSPS) is 11.3. The zero-order valence-electron chi connectivity index (χ0n) is 12.8. The Kier molecular flexibility index (Phi) is 3.96. The molecule has 0 saturated heterocycles. The average molecular weight is 361 g/mol. The van der Waals surface area contributed by atoms with Crippen LogP contribution in [0, 0.1) is 11.3 Å². The first-order chi connectivity index (χ1) is 12.2. The number of alkyl halides is 3. The maximum Gasteiger partial charge on any atom is 0.433 e. The lowest BCUT2D eigenvalue weighted by atomic mass is 9.97. The fourth-order valence-corrected chi connectivity index (χ4v) is 2.49. The molecule has 0 amide bonds. The lowest BCUT2D eigenvalue weighted by molar-refractivity contribution is -0.140. The summed E-state index contributed by atoms with van der Waals surface area (Å²) in [6.45, 7) is 0. The number of hydrogen-bond acceptors (Lipinski definition) is 5.